The average molecular weight is 126 g/mol. The first-order valence-corrected chi connectivity index (χ1v) is 2.24. The van der Waals surface area contributed by atoms with Crippen molar-refractivity contribution < 1.29 is 13.9 Å². The monoisotopic (exact) mass is 126 g/mol. The highest BCUT2D eigenvalue weighted by molar-refractivity contribution is 5.86. The molecule has 0 amide bonds. The molecule has 0 aliphatic heterocycles. The van der Waals surface area contributed by atoms with Gasteiger partial charge in [0.25, 0.3) is 0 Å². The molecule has 0 aliphatic rings. The van der Waals surface area contributed by atoms with Crippen LogP contribution in [0.15, 0.2) is 10.8 Å². The molecule has 1 aromatic heterocycles. The summed E-state index contributed by atoms with van der Waals surface area (Å²) in [6.07, 6.45) is 3.34. The van der Waals surface area contributed by atoms with E-state index in [-0.39, 0.29) is 5.69 Å². The highest BCUT2D eigenvalue weighted by Gasteiger charge is 2.07. The van der Waals surface area contributed by atoms with Crippen molar-refractivity contribution in [3.63, 3.8) is 0 Å². The third kappa shape index (κ3) is 1.07. The van der Waals surface area contributed by atoms with E-state index in [1.54, 1.807) is 0 Å². The van der Waals surface area contributed by atoms with Gasteiger partial charge in [0.2, 0.25) is 6.26 Å². The Kier molecular flexibility index (Phi) is 1.48. The van der Waals surface area contributed by atoms with Crippen LogP contribution in [0.1, 0.15) is 10.5 Å². The maximum atomic E-state index is 10.5. The molecule has 0 aromatic carbocycles. The normalized spacial score (nSPS) is 9.00. The predicted molar refractivity (Wildman–Crippen MR) is 26.7 cm³/mol. The first-order chi connectivity index (χ1) is 4.34. The van der Waals surface area contributed by atoms with Crippen molar-refractivity contribution in [3.05, 3.63) is 18.4 Å². The Labute approximate surface area is 51.5 Å². The number of nitrogens with zero attached hydrogens (tertiary/aromatic N) is 1. The van der Waals surface area contributed by atoms with Crippen LogP contribution in [0.3, 0.4) is 0 Å². The molecule has 0 fully saturated rings. The van der Waals surface area contributed by atoms with E-state index in [1.807, 2.05) is 0 Å². The van der Waals surface area contributed by atoms with E-state index in [2.05, 4.69) is 20.4 Å². The minimum atomic E-state index is -0.538. The van der Waals surface area contributed by atoms with Crippen LogP contribution in [-0.2, 0) is 4.74 Å². The molecule has 0 aliphatic carbocycles. The van der Waals surface area contributed by atoms with Crippen molar-refractivity contribution in [2.75, 3.05) is 7.11 Å². The second-order valence-electron chi connectivity index (χ2n) is 1.29. The minimum Gasteiger partial charge on any atom is -0.464 e. The zero-order valence-electron chi connectivity index (χ0n) is 4.75. The molecule has 0 N–H and O–H groups in total. The lowest BCUT2D eigenvalue weighted by Gasteiger charge is -1.87. The molecule has 0 bridgehead atoms. The van der Waals surface area contributed by atoms with E-state index >= 15 is 0 Å². The zero-order chi connectivity index (χ0) is 6.69. The second-order valence-corrected chi connectivity index (χ2v) is 1.29. The fourth-order valence-corrected chi connectivity index (χ4v) is 0.379. The molecular weight excluding hydrogens is 122 g/mol. The van der Waals surface area contributed by atoms with Crippen molar-refractivity contribution in [2.24, 2.45) is 0 Å². The fourth-order valence-electron chi connectivity index (χ4n) is 0.379. The number of rotatable bonds is 1. The van der Waals surface area contributed by atoms with Gasteiger partial charge in [0, 0.05) is 0 Å². The van der Waals surface area contributed by atoms with E-state index < -0.39 is 5.97 Å². The lowest BCUT2D eigenvalue weighted by Crippen LogP contribution is -2.00. The van der Waals surface area contributed by atoms with Crippen LogP contribution in [0, 0.1) is 6.26 Å². The number of esters is 1. The maximum Gasteiger partial charge on any atom is 0.360 e. The van der Waals surface area contributed by atoms with Crippen molar-refractivity contribution in [2.45, 2.75) is 0 Å². The topological polar surface area (TPSA) is 52.3 Å². The Balaban J connectivity index is 2.77. The number of carbonyl (C=O) groups excluding carboxylic acids is 1. The van der Waals surface area contributed by atoms with E-state index in [0.717, 1.165) is 6.39 Å². The number of methoxy groups -OCH3 is 1. The van der Waals surface area contributed by atoms with Crippen LogP contribution in [0.4, 0.5) is 0 Å². The highest BCUT2D eigenvalue weighted by atomic mass is 16.5. The lowest BCUT2D eigenvalue weighted by atomic mass is 10.5. The molecule has 1 heterocycles. The Morgan fingerprint density at radius 2 is 2.78 bits per heavy atom. The molecule has 1 rings (SSSR count). The first kappa shape index (κ1) is 5.81. The summed E-state index contributed by atoms with van der Waals surface area (Å²) in [4.78, 5) is 14.0. The van der Waals surface area contributed by atoms with Gasteiger partial charge in [-0.15, -0.1) is 0 Å². The molecule has 1 radical (unpaired) electrons. The van der Waals surface area contributed by atoms with Crippen molar-refractivity contribution in [1.82, 2.24) is 4.98 Å². The van der Waals surface area contributed by atoms with Crippen LogP contribution >= 0.6 is 0 Å². The summed E-state index contributed by atoms with van der Waals surface area (Å²) >= 11 is 0. The molecule has 0 atom stereocenters. The summed E-state index contributed by atoms with van der Waals surface area (Å²) in [5, 5.41) is 0. The molecule has 0 spiro atoms. The quantitative estimate of drug-likeness (QED) is 0.506. The number of ether oxygens (including phenoxy) is 1. The number of hydrogen-bond acceptors (Lipinski definition) is 4. The minimum absolute atomic E-state index is 0.0671. The van der Waals surface area contributed by atoms with Crippen LogP contribution < -0.4 is 0 Å². The first-order valence-electron chi connectivity index (χ1n) is 2.24. The predicted octanol–water partition coefficient (Wildman–Crippen LogP) is 0.261. The van der Waals surface area contributed by atoms with Gasteiger partial charge in [-0.3, -0.25) is 0 Å². The highest BCUT2D eigenvalue weighted by Crippen LogP contribution is 1.93. The zero-order valence-corrected chi connectivity index (χ0v) is 4.75. The second kappa shape index (κ2) is 2.30. The van der Waals surface area contributed by atoms with Gasteiger partial charge < -0.3 is 9.15 Å². The Hall–Kier alpha value is -1.32. The molecule has 47 valence electrons. The molecule has 9 heavy (non-hydrogen) atoms. The summed E-state index contributed by atoms with van der Waals surface area (Å²) < 4.78 is 8.70. The van der Waals surface area contributed by atoms with E-state index in [4.69, 9.17) is 0 Å². The Morgan fingerprint density at radius 1 is 2.00 bits per heavy atom. The van der Waals surface area contributed by atoms with Crippen LogP contribution in [0.25, 0.3) is 0 Å². The van der Waals surface area contributed by atoms with Gasteiger partial charge in [-0.2, -0.15) is 0 Å². The number of oxazole rings is 1. The standard InChI is InChI=1S/C5H4NO3/c1-8-5(7)4-2-9-3-6-4/h3H,1H3. The smallest absolute Gasteiger partial charge is 0.360 e. The summed E-state index contributed by atoms with van der Waals surface area (Å²) in [7, 11) is 1.27. The van der Waals surface area contributed by atoms with Gasteiger partial charge in [-0.1, -0.05) is 0 Å². The van der Waals surface area contributed by atoms with Gasteiger partial charge >= 0.3 is 5.97 Å². The van der Waals surface area contributed by atoms with E-state index in [1.165, 1.54) is 7.11 Å². The Morgan fingerprint density at radius 3 is 3.22 bits per heavy atom. The van der Waals surface area contributed by atoms with Crippen LogP contribution in [-0.4, -0.2) is 18.1 Å². The van der Waals surface area contributed by atoms with Gasteiger partial charge in [0.15, 0.2) is 12.1 Å². The molecule has 0 saturated heterocycles. The van der Waals surface area contributed by atoms with E-state index in [9.17, 15) is 4.79 Å². The maximum absolute atomic E-state index is 10.5. The fraction of sp³-hybridized carbons (Fsp3) is 0.200. The average Bonchev–Trinajstić information content (AvgIpc) is 2.37. The van der Waals surface area contributed by atoms with Gasteiger partial charge in [0.05, 0.1) is 7.11 Å². The van der Waals surface area contributed by atoms with Crippen molar-refractivity contribution >= 4 is 5.97 Å². The molecule has 1 aromatic rings. The molecule has 4 heteroatoms. The molecule has 0 unspecified atom stereocenters. The summed E-state index contributed by atoms with van der Waals surface area (Å²) in [5.41, 5.74) is 0.0671. The number of carbonyl (C=O) groups is 1. The van der Waals surface area contributed by atoms with Crippen molar-refractivity contribution in [1.29, 1.82) is 0 Å². The lowest BCUT2D eigenvalue weighted by molar-refractivity contribution is 0.0593. The third-order valence-corrected chi connectivity index (χ3v) is 0.769. The summed E-state index contributed by atoms with van der Waals surface area (Å²) in [6.45, 7) is 0. The number of hydrogen-bond donors (Lipinski definition) is 0. The third-order valence-electron chi connectivity index (χ3n) is 0.769. The Bertz CT molecular complexity index is 192. The van der Waals surface area contributed by atoms with E-state index in [0.29, 0.717) is 0 Å². The molecule has 0 saturated carbocycles. The van der Waals surface area contributed by atoms with Gasteiger partial charge in [-0.05, 0) is 0 Å². The van der Waals surface area contributed by atoms with Gasteiger partial charge in [-0.25, -0.2) is 9.78 Å². The van der Waals surface area contributed by atoms with Crippen molar-refractivity contribution in [3.8, 4) is 0 Å². The van der Waals surface area contributed by atoms with Crippen LogP contribution in [0.5, 0.6) is 0 Å². The SMILES string of the molecule is COC(=O)c1[c]ocn1. The summed E-state index contributed by atoms with van der Waals surface area (Å²) in [6, 6.07) is 0. The largest absolute Gasteiger partial charge is 0.464 e. The van der Waals surface area contributed by atoms with Crippen LogP contribution in [0.2, 0.25) is 0 Å². The number of aromatic nitrogens is 1. The molecular formula is C5H4NO3. The van der Waals surface area contributed by atoms with Gasteiger partial charge in [0.1, 0.15) is 0 Å². The summed E-state index contributed by atoms with van der Waals surface area (Å²) in [5.74, 6) is -0.538. The molecule has 4 nitrogen and oxygen atoms in total.